The summed E-state index contributed by atoms with van der Waals surface area (Å²) in [6, 6.07) is 7.35. The van der Waals surface area contributed by atoms with Crippen LogP contribution in [-0.4, -0.2) is 50.7 Å². The molecule has 160 valence electrons. The maximum atomic E-state index is 14.4. The van der Waals surface area contributed by atoms with Crippen LogP contribution in [-0.2, 0) is 14.8 Å². The number of carbonyl (C=O) groups excluding carboxylic acids is 1. The Hall–Kier alpha value is -2.01. The number of nitrogens with one attached hydrogen (secondary N) is 1. The Bertz CT molecular complexity index is 1070. The standard InChI is InChI=1S/C20H20F2N2O4S2/c21-16-5-4-13(30(26,27)24-7-9-28-10-8-24)12-15(16)20(25)23-18-6-11-29-19-14(18)2-1-3-17(19)22/h1-5,12,18H,6-11H2,(H,23,25)/t18-/m0/s1. The van der Waals surface area contributed by atoms with Crippen molar-refractivity contribution in [2.45, 2.75) is 22.3 Å². The zero-order valence-electron chi connectivity index (χ0n) is 15.9. The topological polar surface area (TPSA) is 75.7 Å². The largest absolute Gasteiger partial charge is 0.379 e. The number of amides is 1. The molecule has 2 aliphatic rings. The second-order valence-corrected chi connectivity index (χ2v) is 10.0. The van der Waals surface area contributed by atoms with E-state index in [2.05, 4.69) is 5.32 Å². The molecule has 2 heterocycles. The molecule has 4 rings (SSSR count). The van der Waals surface area contributed by atoms with E-state index in [4.69, 9.17) is 4.74 Å². The lowest BCUT2D eigenvalue weighted by molar-refractivity contribution is 0.0730. The fourth-order valence-corrected chi connectivity index (χ4v) is 6.12. The van der Waals surface area contributed by atoms with Crippen LogP contribution in [0.25, 0.3) is 0 Å². The number of fused-ring (bicyclic) bond motifs is 1. The van der Waals surface area contributed by atoms with Gasteiger partial charge in [-0.3, -0.25) is 4.79 Å². The van der Waals surface area contributed by atoms with Gasteiger partial charge in [-0.1, -0.05) is 12.1 Å². The molecule has 1 fully saturated rings. The van der Waals surface area contributed by atoms with Crippen LogP contribution in [0, 0.1) is 11.6 Å². The highest BCUT2D eigenvalue weighted by Gasteiger charge is 2.29. The number of halogens is 2. The van der Waals surface area contributed by atoms with E-state index in [9.17, 15) is 22.0 Å². The normalized spacial score (nSPS) is 19.9. The third kappa shape index (κ3) is 4.09. The van der Waals surface area contributed by atoms with E-state index in [0.717, 1.165) is 18.2 Å². The number of ether oxygens (including phenoxy) is 1. The molecule has 1 saturated heterocycles. The molecule has 10 heteroatoms. The van der Waals surface area contributed by atoms with Crippen molar-refractivity contribution < 1.29 is 26.7 Å². The minimum Gasteiger partial charge on any atom is -0.379 e. The molecule has 30 heavy (non-hydrogen) atoms. The van der Waals surface area contributed by atoms with Crippen molar-refractivity contribution in [2.24, 2.45) is 0 Å². The molecule has 0 spiro atoms. The Kier molecular flexibility index (Phi) is 6.10. The molecule has 0 bridgehead atoms. The van der Waals surface area contributed by atoms with Crippen LogP contribution < -0.4 is 5.32 Å². The number of hydrogen-bond acceptors (Lipinski definition) is 5. The van der Waals surface area contributed by atoms with Crippen LogP contribution in [0.15, 0.2) is 46.2 Å². The fraction of sp³-hybridized carbons (Fsp3) is 0.350. The van der Waals surface area contributed by atoms with Crippen molar-refractivity contribution in [3.8, 4) is 0 Å². The van der Waals surface area contributed by atoms with Crippen molar-refractivity contribution >= 4 is 27.7 Å². The number of thioether (sulfide) groups is 1. The first-order valence-corrected chi connectivity index (χ1v) is 11.9. The molecular weight excluding hydrogens is 434 g/mol. The molecule has 0 radical (unpaired) electrons. The SMILES string of the molecule is O=C(N[C@H]1CCSc2c(F)cccc21)c1cc(S(=O)(=O)N2CCOCC2)ccc1F. The average Bonchev–Trinajstić information content (AvgIpc) is 2.75. The van der Waals surface area contributed by atoms with Gasteiger partial charge in [0, 0.05) is 23.7 Å². The van der Waals surface area contributed by atoms with Crippen molar-refractivity contribution in [2.75, 3.05) is 32.1 Å². The zero-order valence-corrected chi connectivity index (χ0v) is 17.6. The maximum absolute atomic E-state index is 14.4. The first-order valence-electron chi connectivity index (χ1n) is 9.47. The lowest BCUT2D eigenvalue weighted by Gasteiger charge is -2.27. The van der Waals surface area contributed by atoms with Crippen LogP contribution >= 0.6 is 11.8 Å². The van der Waals surface area contributed by atoms with Gasteiger partial charge in [-0.25, -0.2) is 17.2 Å². The summed E-state index contributed by atoms with van der Waals surface area (Å²) in [5, 5.41) is 2.73. The minimum absolute atomic E-state index is 0.151. The predicted octanol–water partition coefficient (Wildman–Crippen LogP) is 2.95. The van der Waals surface area contributed by atoms with Crippen LogP contribution in [0.1, 0.15) is 28.4 Å². The van der Waals surface area contributed by atoms with Crippen molar-refractivity contribution in [3.05, 3.63) is 59.2 Å². The number of rotatable bonds is 4. The predicted molar refractivity (Wildman–Crippen MR) is 108 cm³/mol. The highest BCUT2D eigenvalue weighted by molar-refractivity contribution is 7.99. The highest BCUT2D eigenvalue weighted by Crippen LogP contribution is 2.38. The molecular formula is C20H20F2N2O4S2. The number of carbonyl (C=O) groups is 1. The summed E-state index contributed by atoms with van der Waals surface area (Å²) in [6.45, 7) is 0.958. The summed E-state index contributed by atoms with van der Waals surface area (Å²) in [7, 11) is -3.87. The smallest absolute Gasteiger partial charge is 0.254 e. The van der Waals surface area contributed by atoms with E-state index in [-0.39, 0.29) is 42.6 Å². The number of hydrogen-bond donors (Lipinski definition) is 1. The lowest BCUT2D eigenvalue weighted by Crippen LogP contribution is -2.40. The second-order valence-electron chi connectivity index (χ2n) is 6.98. The van der Waals surface area contributed by atoms with Crippen LogP contribution in [0.3, 0.4) is 0 Å². The fourth-order valence-electron chi connectivity index (χ4n) is 3.55. The third-order valence-corrected chi connectivity index (χ3v) is 8.18. The van der Waals surface area contributed by atoms with Crippen molar-refractivity contribution in [3.63, 3.8) is 0 Å². The first-order chi connectivity index (χ1) is 14.4. The number of sulfonamides is 1. The molecule has 2 aromatic carbocycles. The molecule has 0 aromatic heterocycles. The van der Waals surface area contributed by atoms with E-state index < -0.39 is 27.8 Å². The molecule has 6 nitrogen and oxygen atoms in total. The highest BCUT2D eigenvalue weighted by atomic mass is 32.2. The van der Waals surface area contributed by atoms with Gasteiger partial charge in [0.1, 0.15) is 11.6 Å². The average molecular weight is 455 g/mol. The van der Waals surface area contributed by atoms with Gasteiger partial charge >= 0.3 is 0 Å². The monoisotopic (exact) mass is 454 g/mol. The van der Waals surface area contributed by atoms with E-state index in [1.165, 1.54) is 22.1 Å². The Morgan fingerprint density at radius 3 is 2.67 bits per heavy atom. The van der Waals surface area contributed by atoms with Crippen molar-refractivity contribution in [1.82, 2.24) is 9.62 Å². The summed E-state index contributed by atoms with van der Waals surface area (Å²) in [5.74, 6) is -1.31. The minimum atomic E-state index is -3.87. The van der Waals surface area contributed by atoms with Gasteiger partial charge in [-0.2, -0.15) is 4.31 Å². The van der Waals surface area contributed by atoms with Gasteiger partial charge in [-0.15, -0.1) is 11.8 Å². The summed E-state index contributed by atoms with van der Waals surface area (Å²) in [4.78, 5) is 13.1. The van der Waals surface area contributed by atoms with E-state index >= 15 is 0 Å². The summed E-state index contributed by atoms with van der Waals surface area (Å²) in [6.07, 6.45) is 0.556. The number of benzene rings is 2. The molecule has 1 amide bonds. The summed E-state index contributed by atoms with van der Waals surface area (Å²) < 4.78 is 60.6. The molecule has 1 atom stereocenters. The Morgan fingerprint density at radius 1 is 1.13 bits per heavy atom. The second kappa shape index (κ2) is 8.62. The van der Waals surface area contributed by atoms with E-state index in [1.807, 2.05) is 0 Å². The van der Waals surface area contributed by atoms with E-state index in [0.29, 0.717) is 22.6 Å². The van der Waals surface area contributed by atoms with Crippen LogP contribution in [0.5, 0.6) is 0 Å². The lowest BCUT2D eigenvalue weighted by atomic mass is 10.0. The Labute approximate surface area is 177 Å². The molecule has 0 unspecified atom stereocenters. The van der Waals surface area contributed by atoms with Gasteiger partial charge in [0.25, 0.3) is 5.91 Å². The molecule has 2 aliphatic heterocycles. The maximum Gasteiger partial charge on any atom is 0.254 e. The van der Waals surface area contributed by atoms with Gasteiger partial charge in [0.05, 0.1) is 29.7 Å². The molecule has 0 saturated carbocycles. The van der Waals surface area contributed by atoms with Gasteiger partial charge in [0.15, 0.2) is 0 Å². The molecule has 2 aromatic rings. The molecule has 1 N–H and O–H groups in total. The number of morpholine rings is 1. The third-order valence-electron chi connectivity index (χ3n) is 5.12. The zero-order chi connectivity index (χ0) is 21.3. The van der Waals surface area contributed by atoms with Crippen LogP contribution in [0.2, 0.25) is 0 Å². The van der Waals surface area contributed by atoms with Gasteiger partial charge < -0.3 is 10.1 Å². The molecule has 0 aliphatic carbocycles. The quantitative estimate of drug-likeness (QED) is 0.769. The summed E-state index contributed by atoms with van der Waals surface area (Å²) >= 11 is 1.37. The van der Waals surface area contributed by atoms with Crippen LogP contribution in [0.4, 0.5) is 8.78 Å². The number of nitrogens with zero attached hydrogens (tertiary/aromatic N) is 1. The Morgan fingerprint density at radius 2 is 1.90 bits per heavy atom. The first kappa shape index (κ1) is 21.2. The van der Waals surface area contributed by atoms with Crippen molar-refractivity contribution in [1.29, 1.82) is 0 Å². The Balaban J connectivity index is 1.60. The summed E-state index contributed by atoms with van der Waals surface area (Å²) in [5.41, 5.74) is 0.276. The van der Waals surface area contributed by atoms with E-state index in [1.54, 1.807) is 12.1 Å². The van der Waals surface area contributed by atoms with Gasteiger partial charge in [-0.05, 0) is 36.2 Å². The van der Waals surface area contributed by atoms with Gasteiger partial charge in [0.2, 0.25) is 10.0 Å².